The van der Waals surface area contributed by atoms with Gasteiger partial charge in [0.25, 0.3) is 0 Å². The number of nitrogens with zero attached hydrogens (tertiary/aromatic N) is 4. The number of amides is 3. The summed E-state index contributed by atoms with van der Waals surface area (Å²) in [6.45, 7) is 12.6. The van der Waals surface area contributed by atoms with E-state index in [0.29, 0.717) is 37.2 Å². The first-order valence-corrected chi connectivity index (χ1v) is 15.2. The summed E-state index contributed by atoms with van der Waals surface area (Å²) in [5.41, 5.74) is 2.97. The minimum Gasteiger partial charge on any atom is -0.450 e. The molecule has 40 heavy (non-hydrogen) atoms. The highest BCUT2D eigenvalue weighted by Gasteiger charge is 2.34. The van der Waals surface area contributed by atoms with Crippen molar-refractivity contribution in [2.75, 3.05) is 37.7 Å². The fraction of sp³-hybridized carbons (Fsp3) is 0.677. The number of hydrogen-bond donors (Lipinski definition) is 1. The van der Waals surface area contributed by atoms with Crippen LogP contribution in [-0.2, 0) is 21.4 Å². The molecule has 1 aromatic carbocycles. The van der Waals surface area contributed by atoms with Crippen LogP contribution in [0.15, 0.2) is 18.2 Å². The van der Waals surface area contributed by atoms with Crippen molar-refractivity contribution in [2.24, 2.45) is 24.8 Å². The van der Waals surface area contributed by atoms with Crippen molar-refractivity contribution in [1.82, 2.24) is 20.0 Å². The van der Waals surface area contributed by atoms with Crippen LogP contribution in [0.5, 0.6) is 0 Å². The number of fused-ring (bicyclic) bond motifs is 1. The zero-order chi connectivity index (χ0) is 28.8. The minimum absolute atomic E-state index is 0.170. The van der Waals surface area contributed by atoms with Gasteiger partial charge in [0.05, 0.1) is 23.7 Å². The first-order chi connectivity index (χ1) is 19.3. The number of likely N-dealkylation sites (tertiary alicyclic amines) is 1. The Balaban J connectivity index is 0.00000118. The van der Waals surface area contributed by atoms with E-state index in [1.807, 2.05) is 23.6 Å². The second-order valence-electron chi connectivity index (χ2n) is 11.6. The number of ether oxygens (including phenoxy) is 1. The molecule has 1 aromatic heterocycles. The normalized spacial score (nSPS) is 21.6. The maximum absolute atomic E-state index is 12.4. The number of carbonyl (C=O) groups is 3. The number of aromatic nitrogens is 2. The van der Waals surface area contributed by atoms with E-state index in [9.17, 15) is 14.4 Å². The average Bonchev–Trinajstić information content (AvgIpc) is 3.28. The summed E-state index contributed by atoms with van der Waals surface area (Å²) in [5, 5.41) is 8.12. The van der Waals surface area contributed by atoms with E-state index in [-0.39, 0.29) is 23.8 Å². The van der Waals surface area contributed by atoms with Crippen LogP contribution in [0, 0.1) is 17.8 Å². The lowest BCUT2D eigenvalue weighted by atomic mass is 9.74. The van der Waals surface area contributed by atoms with Crippen molar-refractivity contribution in [3.8, 4) is 0 Å². The van der Waals surface area contributed by atoms with Crippen LogP contribution in [-0.4, -0.2) is 65.4 Å². The molecule has 9 nitrogen and oxygen atoms in total. The number of anilines is 1. The van der Waals surface area contributed by atoms with Crippen LogP contribution in [0.3, 0.4) is 0 Å². The predicted octanol–water partition coefficient (Wildman–Crippen LogP) is 5.23. The fourth-order valence-corrected chi connectivity index (χ4v) is 6.57. The quantitative estimate of drug-likeness (QED) is 0.510. The third-order valence-corrected chi connectivity index (χ3v) is 8.89. The van der Waals surface area contributed by atoms with Gasteiger partial charge in [-0.3, -0.25) is 19.6 Å². The van der Waals surface area contributed by atoms with Crippen molar-refractivity contribution in [1.29, 1.82) is 0 Å². The summed E-state index contributed by atoms with van der Waals surface area (Å²) in [6.07, 6.45) is 6.40. The monoisotopic (exact) mass is 553 g/mol. The number of imide groups is 1. The number of aryl methyl sites for hydroxylation is 1. The Kier molecular flexibility index (Phi) is 10.1. The molecule has 4 heterocycles. The van der Waals surface area contributed by atoms with Crippen LogP contribution in [0.1, 0.15) is 84.3 Å². The van der Waals surface area contributed by atoms with Gasteiger partial charge in [0.15, 0.2) is 0 Å². The standard InChI is InChI=1S/C28H39N5O4.C3H8/c1-4-37-28(36)33-15-11-20(12-16-33)18(2)19-9-13-32(14-10-19)21-5-6-22-24(17-21)31(3)30-26(22)23-7-8-25(34)29-27(23)35;1-3-2/h5-6,17-20,23H,4,7-16H2,1-3H3,(H,29,34,35);3H2,1-2H3/t18-,23?;/m1./s1. The summed E-state index contributed by atoms with van der Waals surface area (Å²) in [5.74, 6) is 1.19. The van der Waals surface area contributed by atoms with Crippen LogP contribution in [0.2, 0.25) is 0 Å². The summed E-state index contributed by atoms with van der Waals surface area (Å²) in [4.78, 5) is 40.3. The molecule has 0 saturated carbocycles. The lowest BCUT2D eigenvalue weighted by Gasteiger charge is -2.41. The molecule has 3 aliphatic rings. The van der Waals surface area contributed by atoms with Gasteiger partial charge in [-0.1, -0.05) is 27.2 Å². The van der Waals surface area contributed by atoms with E-state index >= 15 is 0 Å². The summed E-state index contributed by atoms with van der Waals surface area (Å²) >= 11 is 0. The molecule has 220 valence electrons. The molecule has 2 aromatic rings. The Labute approximate surface area is 238 Å². The van der Waals surface area contributed by atoms with Crippen molar-refractivity contribution >= 4 is 34.5 Å². The Morgan fingerprint density at radius 2 is 1.65 bits per heavy atom. The summed E-state index contributed by atoms with van der Waals surface area (Å²) < 4.78 is 7.02. The van der Waals surface area contributed by atoms with Gasteiger partial charge in [-0.05, 0) is 75.0 Å². The van der Waals surface area contributed by atoms with Crippen LogP contribution in [0.25, 0.3) is 10.9 Å². The van der Waals surface area contributed by atoms with Gasteiger partial charge in [-0.15, -0.1) is 0 Å². The Bertz CT molecular complexity index is 1180. The van der Waals surface area contributed by atoms with Gasteiger partial charge in [-0.25, -0.2) is 4.79 Å². The number of benzene rings is 1. The number of rotatable bonds is 5. The smallest absolute Gasteiger partial charge is 0.409 e. The van der Waals surface area contributed by atoms with Gasteiger partial charge in [0.1, 0.15) is 0 Å². The second kappa shape index (κ2) is 13.5. The number of carbonyl (C=O) groups excluding carboxylic acids is 3. The van der Waals surface area contributed by atoms with Crippen LogP contribution >= 0.6 is 0 Å². The summed E-state index contributed by atoms with van der Waals surface area (Å²) in [6, 6.07) is 6.42. The molecule has 3 fully saturated rings. The van der Waals surface area contributed by atoms with E-state index in [2.05, 4.69) is 54.3 Å². The average molecular weight is 554 g/mol. The third-order valence-electron chi connectivity index (χ3n) is 8.89. The molecule has 9 heteroatoms. The van der Waals surface area contributed by atoms with Crippen molar-refractivity contribution < 1.29 is 19.1 Å². The third kappa shape index (κ3) is 6.61. The van der Waals surface area contributed by atoms with Gasteiger partial charge in [-0.2, -0.15) is 5.10 Å². The molecule has 0 radical (unpaired) electrons. The highest BCUT2D eigenvalue weighted by Crippen LogP contribution is 2.37. The van der Waals surface area contributed by atoms with Crippen molar-refractivity contribution in [3.05, 3.63) is 23.9 Å². The van der Waals surface area contributed by atoms with Crippen LogP contribution < -0.4 is 10.2 Å². The lowest BCUT2D eigenvalue weighted by Crippen LogP contribution is -2.42. The molecular formula is C31H47N5O4. The largest absolute Gasteiger partial charge is 0.450 e. The summed E-state index contributed by atoms with van der Waals surface area (Å²) in [7, 11) is 1.92. The van der Waals surface area contributed by atoms with Crippen molar-refractivity contribution in [3.63, 3.8) is 0 Å². The maximum Gasteiger partial charge on any atom is 0.409 e. The fourth-order valence-electron chi connectivity index (χ4n) is 6.57. The first-order valence-electron chi connectivity index (χ1n) is 15.2. The Hall–Kier alpha value is -3.10. The highest BCUT2D eigenvalue weighted by atomic mass is 16.6. The molecule has 0 bridgehead atoms. The number of piperidine rings is 3. The van der Waals surface area contributed by atoms with Gasteiger partial charge in [0.2, 0.25) is 11.8 Å². The zero-order valence-electron chi connectivity index (χ0n) is 24.9. The molecule has 0 aliphatic carbocycles. The molecule has 0 spiro atoms. The molecule has 1 N–H and O–H groups in total. The highest BCUT2D eigenvalue weighted by molar-refractivity contribution is 6.02. The van der Waals surface area contributed by atoms with E-state index in [1.165, 1.54) is 24.9 Å². The topological polar surface area (TPSA) is 96.8 Å². The molecule has 3 saturated heterocycles. The molecule has 3 amide bonds. The van der Waals surface area contributed by atoms with E-state index in [4.69, 9.17) is 4.74 Å². The van der Waals surface area contributed by atoms with E-state index in [1.54, 1.807) is 0 Å². The molecule has 1 unspecified atom stereocenters. The van der Waals surface area contributed by atoms with Crippen LogP contribution in [0.4, 0.5) is 10.5 Å². The minimum atomic E-state index is -0.381. The zero-order valence-corrected chi connectivity index (χ0v) is 24.9. The first kappa shape index (κ1) is 29.9. The second-order valence-corrected chi connectivity index (χ2v) is 11.6. The molecule has 2 atom stereocenters. The lowest BCUT2D eigenvalue weighted by molar-refractivity contribution is -0.134. The van der Waals surface area contributed by atoms with Gasteiger partial charge in [0, 0.05) is 50.7 Å². The molecule has 3 aliphatic heterocycles. The Morgan fingerprint density at radius 1 is 1.02 bits per heavy atom. The van der Waals surface area contributed by atoms with Gasteiger partial charge >= 0.3 is 6.09 Å². The number of nitrogens with one attached hydrogen (secondary N) is 1. The SMILES string of the molecule is CCC.CCOC(=O)N1CCC([C@H](C)C2CCN(c3ccc4c(C5CCC(=O)NC5=O)nn(C)c4c3)CC2)CC1. The predicted molar refractivity (Wildman–Crippen MR) is 157 cm³/mol. The Morgan fingerprint density at radius 3 is 2.25 bits per heavy atom. The maximum atomic E-state index is 12.4. The number of hydrogen-bond acceptors (Lipinski definition) is 6. The van der Waals surface area contributed by atoms with E-state index in [0.717, 1.165) is 55.6 Å². The van der Waals surface area contributed by atoms with Gasteiger partial charge < -0.3 is 14.5 Å². The molecule has 5 rings (SSSR count). The molecular weight excluding hydrogens is 506 g/mol. The van der Waals surface area contributed by atoms with E-state index < -0.39 is 0 Å². The van der Waals surface area contributed by atoms with Crippen molar-refractivity contribution in [2.45, 2.75) is 78.6 Å².